The van der Waals surface area contributed by atoms with E-state index in [9.17, 15) is 4.79 Å². The topological polar surface area (TPSA) is 54.0 Å². The lowest BCUT2D eigenvalue weighted by Gasteiger charge is -2.24. The van der Waals surface area contributed by atoms with Crippen LogP contribution in [0.3, 0.4) is 0 Å². The summed E-state index contributed by atoms with van der Waals surface area (Å²) in [5.74, 6) is -0.317. The van der Waals surface area contributed by atoms with Crippen molar-refractivity contribution in [2.24, 2.45) is 0 Å². The molecule has 0 N–H and O–H groups in total. The Morgan fingerprint density at radius 1 is 1.20 bits per heavy atom. The van der Waals surface area contributed by atoms with Crippen LogP contribution in [0.2, 0.25) is 6.04 Å². The molecule has 0 atom stereocenters. The minimum atomic E-state index is -2.57. The number of esters is 1. The third-order valence-electron chi connectivity index (χ3n) is 2.85. The number of ether oxygens (including phenoxy) is 1. The van der Waals surface area contributed by atoms with Crippen LogP contribution in [0.1, 0.15) is 16.8 Å². The number of carbonyl (C=O) groups excluding carboxylic acids is 1. The number of rotatable bonds is 8. The summed E-state index contributed by atoms with van der Waals surface area (Å²) in [6, 6.07) is 7.89. The van der Waals surface area contributed by atoms with Gasteiger partial charge in [-0.2, -0.15) is 0 Å². The molecular weight excluding hydrogens is 391 g/mol. The molecule has 0 saturated heterocycles. The zero-order valence-corrected chi connectivity index (χ0v) is 15.0. The third kappa shape index (κ3) is 5.13. The number of halogens is 1. The Morgan fingerprint density at radius 3 is 2.40 bits per heavy atom. The van der Waals surface area contributed by atoms with Crippen LogP contribution in [0.4, 0.5) is 0 Å². The zero-order chi connectivity index (χ0) is 15.0. The van der Waals surface area contributed by atoms with Gasteiger partial charge in [-0.1, -0.05) is 6.07 Å². The Kier molecular flexibility index (Phi) is 7.67. The van der Waals surface area contributed by atoms with E-state index in [4.69, 9.17) is 18.0 Å². The van der Waals surface area contributed by atoms with Gasteiger partial charge in [0.2, 0.25) is 0 Å². The Balaban J connectivity index is 2.39. The van der Waals surface area contributed by atoms with Gasteiger partial charge in [0, 0.05) is 30.9 Å². The smallest absolute Gasteiger partial charge is 0.462 e. The minimum absolute atomic E-state index is 0.315. The van der Waals surface area contributed by atoms with Crippen LogP contribution in [-0.4, -0.2) is 42.7 Å². The van der Waals surface area contributed by atoms with Gasteiger partial charge >= 0.3 is 14.8 Å². The second kappa shape index (κ2) is 8.73. The van der Waals surface area contributed by atoms with Gasteiger partial charge in [-0.05, 0) is 47.2 Å². The largest absolute Gasteiger partial charge is 0.500 e. The first-order valence-corrected chi connectivity index (χ1v) is 9.16. The van der Waals surface area contributed by atoms with E-state index in [1.165, 1.54) is 0 Å². The van der Waals surface area contributed by atoms with Gasteiger partial charge in [0.05, 0.1) is 12.2 Å². The van der Waals surface area contributed by atoms with E-state index < -0.39 is 8.80 Å². The van der Waals surface area contributed by atoms with Crippen molar-refractivity contribution in [3.05, 3.63) is 33.4 Å². The molecule has 0 saturated carbocycles. The first-order valence-electron chi connectivity index (χ1n) is 6.15. The Bertz CT molecular complexity index is 428. The van der Waals surface area contributed by atoms with Crippen LogP contribution in [-0.2, 0) is 18.0 Å². The fourth-order valence-corrected chi connectivity index (χ4v) is 3.94. The highest BCUT2D eigenvalue weighted by Crippen LogP contribution is 2.15. The summed E-state index contributed by atoms with van der Waals surface area (Å²) in [4.78, 5) is 11.8. The van der Waals surface area contributed by atoms with Crippen molar-refractivity contribution in [1.29, 1.82) is 0 Å². The predicted octanol–water partition coefficient (Wildman–Crippen LogP) is 2.72. The first-order chi connectivity index (χ1) is 9.56. The molecule has 0 fully saturated rings. The van der Waals surface area contributed by atoms with Gasteiger partial charge in [-0.3, -0.25) is 0 Å². The van der Waals surface area contributed by atoms with Crippen LogP contribution in [0, 0.1) is 3.57 Å². The van der Waals surface area contributed by atoms with Crippen molar-refractivity contribution in [2.45, 2.75) is 12.5 Å². The summed E-state index contributed by atoms with van der Waals surface area (Å²) in [5.41, 5.74) is 0.561. The van der Waals surface area contributed by atoms with Gasteiger partial charge < -0.3 is 18.0 Å². The maximum atomic E-state index is 11.8. The molecule has 0 amide bonds. The molecule has 112 valence electrons. The molecule has 0 aliphatic carbocycles. The SMILES string of the molecule is CO[Si](CCCOC(=O)c1cccc(I)c1)(OC)OC. The molecule has 0 aliphatic rings. The Morgan fingerprint density at radius 2 is 1.85 bits per heavy atom. The number of hydrogen-bond donors (Lipinski definition) is 0. The Hall–Kier alpha value is -0.483. The zero-order valence-electron chi connectivity index (χ0n) is 11.8. The van der Waals surface area contributed by atoms with E-state index in [0.29, 0.717) is 24.6 Å². The highest BCUT2D eigenvalue weighted by molar-refractivity contribution is 14.1. The molecule has 0 bridgehead atoms. The second-order valence-corrected chi connectivity index (χ2v) is 8.38. The molecule has 7 heteroatoms. The summed E-state index contributed by atoms with van der Waals surface area (Å²) < 4.78 is 22.1. The van der Waals surface area contributed by atoms with E-state index in [2.05, 4.69) is 22.6 Å². The standard InChI is InChI=1S/C13H19IO5Si/c1-16-20(17-2,18-3)9-5-8-19-13(15)11-6-4-7-12(14)10-11/h4,6-7,10H,5,8-9H2,1-3H3. The molecule has 0 aliphatic heterocycles. The molecule has 0 spiro atoms. The summed E-state index contributed by atoms with van der Waals surface area (Å²) >= 11 is 2.16. The van der Waals surface area contributed by atoms with Crippen molar-refractivity contribution in [3.8, 4) is 0 Å². The van der Waals surface area contributed by atoms with Crippen LogP contribution in [0.15, 0.2) is 24.3 Å². The third-order valence-corrected chi connectivity index (χ3v) is 6.36. The molecule has 0 unspecified atom stereocenters. The van der Waals surface area contributed by atoms with Crippen molar-refractivity contribution >= 4 is 37.4 Å². The van der Waals surface area contributed by atoms with Crippen LogP contribution < -0.4 is 0 Å². The average Bonchev–Trinajstić information content (AvgIpc) is 2.48. The second-order valence-electron chi connectivity index (χ2n) is 4.05. The van der Waals surface area contributed by atoms with Crippen LogP contribution in [0.5, 0.6) is 0 Å². The molecule has 1 rings (SSSR count). The van der Waals surface area contributed by atoms with Crippen LogP contribution >= 0.6 is 22.6 Å². The van der Waals surface area contributed by atoms with Crippen LogP contribution in [0.25, 0.3) is 0 Å². The molecular formula is C13H19IO5Si. The van der Waals surface area contributed by atoms with Gasteiger partial charge in [-0.25, -0.2) is 4.79 Å². The monoisotopic (exact) mass is 410 g/mol. The number of benzene rings is 1. The quantitative estimate of drug-likeness (QED) is 0.286. The molecule has 0 heterocycles. The van der Waals surface area contributed by atoms with E-state index in [-0.39, 0.29) is 5.97 Å². The first kappa shape index (κ1) is 17.6. The van der Waals surface area contributed by atoms with E-state index in [1.54, 1.807) is 33.5 Å². The summed E-state index contributed by atoms with van der Waals surface area (Å²) in [7, 11) is 2.13. The maximum absolute atomic E-state index is 11.8. The van der Waals surface area contributed by atoms with E-state index in [0.717, 1.165) is 3.57 Å². The fourth-order valence-electron chi connectivity index (χ4n) is 1.71. The molecule has 0 radical (unpaired) electrons. The van der Waals surface area contributed by atoms with Crippen molar-refractivity contribution in [3.63, 3.8) is 0 Å². The van der Waals surface area contributed by atoms with E-state index in [1.807, 2.05) is 12.1 Å². The van der Waals surface area contributed by atoms with E-state index >= 15 is 0 Å². The summed E-state index contributed by atoms with van der Waals surface area (Å²) in [6.07, 6.45) is 0.636. The molecule has 20 heavy (non-hydrogen) atoms. The van der Waals surface area contributed by atoms with Crippen molar-refractivity contribution in [1.82, 2.24) is 0 Å². The van der Waals surface area contributed by atoms with Crippen molar-refractivity contribution < 1.29 is 22.8 Å². The fraction of sp³-hybridized carbons (Fsp3) is 0.462. The molecule has 5 nitrogen and oxygen atoms in total. The minimum Gasteiger partial charge on any atom is -0.462 e. The predicted molar refractivity (Wildman–Crippen MR) is 85.6 cm³/mol. The number of hydrogen-bond acceptors (Lipinski definition) is 5. The lowest BCUT2D eigenvalue weighted by atomic mass is 10.2. The van der Waals surface area contributed by atoms with Gasteiger partial charge in [0.25, 0.3) is 0 Å². The molecule has 1 aromatic rings. The van der Waals surface area contributed by atoms with Gasteiger partial charge in [0.1, 0.15) is 0 Å². The Labute approximate surface area is 134 Å². The normalized spacial score (nSPS) is 11.4. The average molecular weight is 410 g/mol. The highest BCUT2D eigenvalue weighted by Gasteiger charge is 2.36. The maximum Gasteiger partial charge on any atom is 0.500 e. The lowest BCUT2D eigenvalue weighted by molar-refractivity contribution is 0.0493. The van der Waals surface area contributed by atoms with Gasteiger partial charge in [0.15, 0.2) is 0 Å². The van der Waals surface area contributed by atoms with Gasteiger partial charge in [-0.15, -0.1) is 0 Å². The number of carbonyl (C=O) groups is 1. The highest BCUT2D eigenvalue weighted by atomic mass is 127. The van der Waals surface area contributed by atoms with Crippen molar-refractivity contribution in [2.75, 3.05) is 27.9 Å². The summed E-state index contributed by atoms with van der Waals surface area (Å²) in [6.45, 7) is 0.315. The molecule has 1 aromatic carbocycles. The lowest BCUT2D eigenvalue weighted by Crippen LogP contribution is -2.42. The molecule has 0 aromatic heterocycles. The summed E-state index contributed by atoms with van der Waals surface area (Å²) in [5, 5.41) is 0.